The molecule has 1 fully saturated rings. The fraction of sp³-hybridized carbons (Fsp3) is 0.294. The highest BCUT2D eigenvalue weighted by atomic mass is 35.5. The molecule has 8 nitrogen and oxygen atoms in total. The van der Waals surface area contributed by atoms with E-state index in [2.05, 4.69) is 21.4 Å². The lowest BCUT2D eigenvalue weighted by atomic mass is 10.1. The van der Waals surface area contributed by atoms with Gasteiger partial charge in [-0.05, 0) is 48.1 Å². The Balaban J connectivity index is 1.49. The van der Waals surface area contributed by atoms with Crippen LogP contribution in [0.5, 0.6) is 0 Å². The van der Waals surface area contributed by atoms with Crippen molar-refractivity contribution >= 4 is 23.8 Å². The standard InChI is InChI=1S/C17H15ClN8/c18-17-19-9-15-24(17)14-4-2-1-3-13(14)16-20-10-23(25(15)16)26-12(8-21-22-26)7-11-5-6-11/h1-4,8-11,16H,5-7H2. The molecular formula is C17H15ClN8. The fourth-order valence-corrected chi connectivity index (χ4v) is 3.95. The van der Waals surface area contributed by atoms with Gasteiger partial charge in [0.2, 0.25) is 5.28 Å². The Hall–Kier alpha value is -2.87. The molecule has 3 aromatic rings. The van der Waals surface area contributed by atoms with Crippen molar-refractivity contribution in [2.45, 2.75) is 25.4 Å². The van der Waals surface area contributed by atoms with E-state index in [-0.39, 0.29) is 6.17 Å². The Labute approximate surface area is 154 Å². The maximum Gasteiger partial charge on any atom is 0.209 e. The first-order valence-electron chi connectivity index (χ1n) is 8.65. The lowest BCUT2D eigenvalue weighted by molar-refractivity contribution is 0.522. The first-order chi connectivity index (χ1) is 12.8. The number of nitrogens with zero attached hydrogens (tertiary/aromatic N) is 8. The molecule has 1 saturated carbocycles. The van der Waals surface area contributed by atoms with E-state index in [1.165, 1.54) is 12.8 Å². The number of anilines is 1. The number of halogens is 1. The normalized spacial score (nSPS) is 20.3. The van der Waals surface area contributed by atoms with Gasteiger partial charge in [-0.1, -0.05) is 18.2 Å². The highest BCUT2D eigenvalue weighted by molar-refractivity contribution is 6.29. The number of hydrogen-bond donors (Lipinski definition) is 0. The van der Waals surface area contributed by atoms with Crippen LogP contribution in [0.4, 0.5) is 5.82 Å². The summed E-state index contributed by atoms with van der Waals surface area (Å²) in [6.45, 7) is 0. The van der Waals surface area contributed by atoms with E-state index in [0.717, 1.165) is 35.1 Å². The van der Waals surface area contributed by atoms with Crippen LogP contribution in [0.15, 0.2) is 41.7 Å². The Morgan fingerprint density at radius 3 is 2.92 bits per heavy atom. The summed E-state index contributed by atoms with van der Waals surface area (Å²) in [6.07, 6.45) is 8.76. The number of aliphatic imine (C=N–C) groups is 1. The molecule has 1 unspecified atom stereocenters. The summed E-state index contributed by atoms with van der Waals surface area (Å²) in [5.41, 5.74) is 3.15. The summed E-state index contributed by atoms with van der Waals surface area (Å²) < 4.78 is 1.94. The van der Waals surface area contributed by atoms with Gasteiger partial charge in [-0.15, -0.1) is 9.89 Å². The quantitative estimate of drug-likeness (QED) is 0.712. The monoisotopic (exact) mass is 366 g/mol. The van der Waals surface area contributed by atoms with Gasteiger partial charge in [-0.3, -0.25) is 4.57 Å². The highest BCUT2D eigenvalue weighted by Gasteiger charge is 2.40. The molecule has 0 spiro atoms. The summed E-state index contributed by atoms with van der Waals surface area (Å²) in [6, 6.07) is 8.12. The lowest BCUT2D eigenvalue weighted by Gasteiger charge is -2.37. The van der Waals surface area contributed by atoms with Gasteiger partial charge in [0.25, 0.3) is 0 Å². The summed E-state index contributed by atoms with van der Waals surface area (Å²) in [5.74, 6) is 1.59. The number of rotatable bonds is 3. The molecule has 3 aliphatic rings. The minimum Gasteiger partial charge on any atom is -0.268 e. The minimum absolute atomic E-state index is 0.176. The van der Waals surface area contributed by atoms with Crippen LogP contribution >= 0.6 is 11.6 Å². The lowest BCUT2D eigenvalue weighted by Crippen LogP contribution is -2.49. The topological polar surface area (TPSA) is 67.4 Å². The van der Waals surface area contributed by atoms with Crippen LogP contribution in [0.1, 0.15) is 30.3 Å². The molecular weight excluding hydrogens is 352 g/mol. The first-order valence-corrected chi connectivity index (χ1v) is 9.03. The van der Waals surface area contributed by atoms with Crippen LogP contribution in [-0.2, 0) is 6.42 Å². The third kappa shape index (κ3) is 1.90. The third-order valence-electron chi connectivity index (χ3n) is 5.14. The summed E-state index contributed by atoms with van der Waals surface area (Å²) >= 11 is 6.39. The third-order valence-corrected chi connectivity index (χ3v) is 5.41. The Bertz CT molecular complexity index is 1030. The van der Waals surface area contributed by atoms with E-state index in [9.17, 15) is 0 Å². The molecule has 0 bridgehead atoms. The van der Waals surface area contributed by atoms with Gasteiger partial charge in [0.1, 0.15) is 6.34 Å². The van der Waals surface area contributed by atoms with Crippen LogP contribution in [0.3, 0.4) is 0 Å². The van der Waals surface area contributed by atoms with Gasteiger partial charge in [0.15, 0.2) is 12.0 Å². The van der Waals surface area contributed by atoms with Crippen molar-refractivity contribution in [3.8, 4) is 5.69 Å². The average Bonchev–Trinajstić information content (AvgIpc) is 3.04. The first kappa shape index (κ1) is 14.3. The van der Waals surface area contributed by atoms with Gasteiger partial charge in [0.05, 0.1) is 23.8 Å². The Kier molecular flexibility index (Phi) is 2.79. The molecule has 1 atom stereocenters. The zero-order chi connectivity index (χ0) is 17.3. The largest absolute Gasteiger partial charge is 0.268 e. The van der Waals surface area contributed by atoms with Crippen molar-refractivity contribution < 1.29 is 0 Å². The fourth-order valence-electron chi connectivity index (χ4n) is 3.73. The van der Waals surface area contributed by atoms with E-state index in [0.29, 0.717) is 5.28 Å². The number of aromatic nitrogens is 5. The second-order valence-electron chi connectivity index (χ2n) is 6.85. The Morgan fingerprint density at radius 1 is 1.15 bits per heavy atom. The van der Waals surface area contributed by atoms with Gasteiger partial charge >= 0.3 is 0 Å². The molecule has 4 heterocycles. The van der Waals surface area contributed by atoms with Crippen LogP contribution in [-0.4, -0.2) is 31.0 Å². The maximum atomic E-state index is 6.39. The molecule has 6 rings (SSSR count). The van der Waals surface area contributed by atoms with E-state index in [1.54, 1.807) is 12.5 Å². The molecule has 0 N–H and O–H groups in total. The number of fused-ring (bicyclic) bond motifs is 6. The Morgan fingerprint density at radius 2 is 2.04 bits per heavy atom. The van der Waals surface area contributed by atoms with Gasteiger partial charge in [-0.2, -0.15) is 5.12 Å². The summed E-state index contributed by atoms with van der Waals surface area (Å²) in [4.78, 5) is 10.9. The van der Waals surface area contributed by atoms with Crippen LogP contribution < -0.4 is 10.1 Å². The zero-order valence-electron chi connectivity index (χ0n) is 13.8. The van der Waals surface area contributed by atoms with Crippen LogP contribution in [0, 0.1) is 5.92 Å². The molecule has 0 amide bonds. The second kappa shape index (κ2) is 5.07. The van der Waals surface area contributed by atoms with E-state index in [1.807, 2.05) is 43.9 Å². The van der Waals surface area contributed by atoms with E-state index in [4.69, 9.17) is 16.6 Å². The molecule has 1 aliphatic carbocycles. The van der Waals surface area contributed by atoms with Crippen molar-refractivity contribution in [1.82, 2.24) is 24.7 Å². The summed E-state index contributed by atoms with van der Waals surface area (Å²) in [7, 11) is 0. The van der Waals surface area contributed by atoms with Crippen molar-refractivity contribution in [3.05, 3.63) is 53.2 Å². The maximum absolute atomic E-state index is 6.39. The van der Waals surface area contributed by atoms with Gasteiger partial charge in [0, 0.05) is 5.56 Å². The molecule has 130 valence electrons. The molecule has 2 aliphatic heterocycles. The number of benzene rings is 1. The smallest absolute Gasteiger partial charge is 0.209 e. The van der Waals surface area contributed by atoms with Gasteiger partial charge in [-0.25, -0.2) is 15.0 Å². The van der Waals surface area contributed by atoms with Crippen molar-refractivity contribution in [3.63, 3.8) is 0 Å². The molecule has 1 aromatic carbocycles. The minimum atomic E-state index is -0.176. The van der Waals surface area contributed by atoms with E-state index >= 15 is 0 Å². The van der Waals surface area contributed by atoms with Gasteiger partial charge < -0.3 is 0 Å². The zero-order valence-corrected chi connectivity index (χ0v) is 14.5. The van der Waals surface area contributed by atoms with Crippen molar-refractivity contribution in [1.29, 1.82) is 0 Å². The molecule has 0 radical (unpaired) electrons. The second-order valence-corrected chi connectivity index (χ2v) is 7.18. The number of hydrogen-bond acceptors (Lipinski definition) is 6. The number of hydrazine groups is 1. The van der Waals surface area contributed by atoms with Crippen molar-refractivity contribution in [2.75, 3.05) is 10.1 Å². The average molecular weight is 367 g/mol. The number of para-hydroxylation sites is 1. The predicted molar refractivity (Wildman–Crippen MR) is 97.0 cm³/mol. The molecule has 2 aromatic heterocycles. The summed E-state index contributed by atoms with van der Waals surface area (Å²) in [5, 5.41) is 12.8. The predicted octanol–water partition coefficient (Wildman–Crippen LogP) is 2.48. The number of imidazole rings is 1. The molecule has 26 heavy (non-hydrogen) atoms. The molecule has 9 heteroatoms. The molecule has 0 saturated heterocycles. The van der Waals surface area contributed by atoms with Crippen molar-refractivity contribution in [2.24, 2.45) is 10.9 Å². The highest BCUT2D eigenvalue weighted by Crippen LogP contribution is 2.43. The SMILES string of the molecule is Clc1ncc2n1-c1ccccc1C1N=CN(n3nncc3CC3CC3)N21. The van der Waals surface area contributed by atoms with Crippen LogP contribution in [0.2, 0.25) is 5.28 Å². The van der Waals surface area contributed by atoms with E-state index < -0.39 is 0 Å². The van der Waals surface area contributed by atoms with Crippen LogP contribution in [0.25, 0.3) is 5.69 Å².